The van der Waals surface area contributed by atoms with Crippen LogP contribution in [0.3, 0.4) is 0 Å². The minimum atomic E-state index is -1.30. The maximum absolute atomic E-state index is 13.7. The number of halogens is 1. The lowest BCUT2D eigenvalue weighted by Gasteiger charge is -2.47. The number of anilines is 2. The van der Waals surface area contributed by atoms with Crippen LogP contribution in [0.5, 0.6) is 11.5 Å². The van der Waals surface area contributed by atoms with Crippen LogP contribution in [0, 0.1) is 24.7 Å². The first kappa shape index (κ1) is 99.0. The molecule has 5 aromatic carbocycles. The molecule has 682 valence electrons. The number of hydrogen-bond donors (Lipinski definition) is 4. The molecule has 14 rings (SSSR count). The number of likely N-dealkylation sites (N-methyl/N-ethyl adjacent to an activating group) is 2. The van der Waals surface area contributed by atoms with Gasteiger partial charge in [0.1, 0.15) is 46.4 Å². The molecule has 8 aromatic rings. The summed E-state index contributed by atoms with van der Waals surface area (Å²) >= 11 is 0. The van der Waals surface area contributed by atoms with Gasteiger partial charge < -0.3 is 55.1 Å². The largest absolute Gasteiger partial charge is 0.497 e. The predicted octanol–water partition coefficient (Wildman–Crippen LogP) is 13.8. The molecular weight excluding hydrogens is 1650 g/mol. The summed E-state index contributed by atoms with van der Waals surface area (Å²) in [7, 11) is 7.69. The van der Waals surface area contributed by atoms with Gasteiger partial charge in [0, 0.05) is 95.4 Å². The Kier molecular flexibility index (Phi) is 34.8. The van der Waals surface area contributed by atoms with E-state index in [9.17, 15) is 57.8 Å². The van der Waals surface area contributed by atoms with Crippen LogP contribution in [0.15, 0.2) is 195 Å². The van der Waals surface area contributed by atoms with Gasteiger partial charge in [-0.25, -0.2) is 43.6 Å². The number of carbonyl (C=O) groups is 11. The molecule has 0 unspecified atom stereocenters. The van der Waals surface area contributed by atoms with Gasteiger partial charge in [0.25, 0.3) is 0 Å². The van der Waals surface area contributed by atoms with Crippen molar-refractivity contribution in [2.45, 2.75) is 174 Å². The van der Waals surface area contributed by atoms with Crippen LogP contribution in [0.2, 0.25) is 0 Å². The van der Waals surface area contributed by atoms with Gasteiger partial charge in [-0.1, -0.05) is 123 Å². The Hall–Kier alpha value is -12.8. The Morgan fingerprint density at radius 2 is 0.750 bits per heavy atom. The van der Waals surface area contributed by atoms with Crippen molar-refractivity contribution in [3.05, 3.63) is 245 Å². The number of carbonyl (C=O) groups excluding carboxylic acids is 10. The molecule has 13 amide bonds. The second kappa shape index (κ2) is 45.0. The van der Waals surface area contributed by atoms with Gasteiger partial charge in [0.05, 0.1) is 45.1 Å². The zero-order valence-corrected chi connectivity index (χ0v) is 75.0. The first-order valence-electron chi connectivity index (χ1n) is 42.8. The molecule has 6 saturated heterocycles. The molecule has 6 aliphatic heterocycles. The number of aromatic nitrogens is 3. The molecule has 0 bridgehead atoms. The van der Waals surface area contributed by atoms with Crippen LogP contribution in [0.1, 0.15) is 155 Å². The average Bonchev–Trinajstić information content (AvgIpc) is 0.749. The number of pyridine rings is 3. The van der Waals surface area contributed by atoms with Crippen LogP contribution in [-0.2, 0) is 70.6 Å². The summed E-state index contributed by atoms with van der Waals surface area (Å²) in [5, 5.41) is 15.4. The number of benzene rings is 5. The topological polar surface area (TPSA) is 360 Å². The number of hydrogen-bond acceptors (Lipinski definition) is 19. The fourth-order valence-electron chi connectivity index (χ4n) is 16.9. The number of carboxylic acids is 1. The zero-order chi connectivity index (χ0) is 90.7. The summed E-state index contributed by atoms with van der Waals surface area (Å²) in [6.45, 7) is 16.0. The quantitative estimate of drug-likeness (QED) is 0.0515. The molecule has 9 atom stereocenters. The molecule has 0 spiro atoms. The number of aliphatic carboxylic acids is 1. The predicted molar refractivity (Wildman–Crippen MR) is 488 cm³/mol. The Bertz CT molecular complexity index is 5140. The van der Waals surface area contributed by atoms with Gasteiger partial charge in [-0.05, 0) is 218 Å². The summed E-state index contributed by atoms with van der Waals surface area (Å²) < 4.78 is 21.9. The summed E-state index contributed by atoms with van der Waals surface area (Å²) in [5.74, 6) is -2.86. The lowest BCUT2D eigenvalue weighted by atomic mass is 9.81. The van der Waals surface area contributed by atoms with Crippen molar-refractivity contribution in [2.24, 2.45) is 23.5 Å². The molecule has 0 saturated carbocycles. The van der Waals surface area contributed by atoms with Crippen LogP contribution >= 0.6 is 12.4 Å². The molecule has 3 aromatic heterocycles. The summed E-state index contributed by atoms with van der Waals surface area (Å²) in [4.78, 5) is 169. The standard InChI is InChI=1S/C36H43N5O6.C35H40N4O7.C24H28N4O3.CH5N.CH4.ClH/c1-36(2,3)47-35(45)40(22-24-13-15-28(46-5)16-14-24)30-21-25(17-18-38-30)20-29-31(32(42)37-4)41(33(29)43)34(44)39-19-9-12-27(23-39)26-10-7-6-8-11-26;1-35(2,3)46-34(44)38(21-23-12-14-27(45-4)15-13-23)29-20-24(16-17-36-29)19-28-30(32(41)42)39(31(28)40)33(43)37-18-8-11-26(22-37)25-9-6-5-7-10-25;1-16-13-17(10-11-26-16)14-20-21(22(29)25-2)28(23(20)30)24(31)27-12-6-9-19(15-27)18-7-4-3-5-8-18;1-2;;/h6-8,10-11,13-18,21,27,29,31H,9,12,19-20,22-23H2,1-5H3,(H,37,42);5-7,9-10,12-17,20,26,28,30H,8,11,18-19,21-22H2,1-4H3,(H,41,42);3-5,7-8,10-11,13,19-21H,6,9,12,14-15H2,1-2H3,(H,25,29);2H2,1H3;1H4;1H/t27-,29-,31+;26-,28-,30+;19-,20-,21+;;;/m111.../s1. The number of urea groups is 3. The van der Waals surface area contributed by atoms with Gasteiger partial charge in [0.2, 0.25) is 29.5 Å². The Labute approximate surface area is 755 Å². The normalized spacial score (nSPS) is 19.9. The van der Waals surface area contributed by atoms with Gasteiger partial charge >= 0.3 is 36.2 Å². The first-order chi connectivity index (χ1) is 60.4. The highest BCUT2D eigenvalue weighted by molar-refractivity contribution is 6.10. The summed E-state index contributed by atoms with van der Waals surface area (Å²) in [6, 6.07) is 50.8. The van der Waals surface area contributed by atoms with Crippen molar-refractivity contribution in [1.82, 2.24) is 55.0 Å². The number of amides is 13. The van der Waals surface area contributed by atoms with Gasteiger partial charge in [-0.15, -0.1) is 12.4 Å². The number of ether oxygens (including phenoxy) is 4. The van der Waals surface area contributed by atoms with Crippen molar-refractivity contribution in [1.29, 1.82) is 0 Å². The number of likely N-dealkylation sites (tertiary alicyclic amines) is 6. The molecule has 0 aliphatic carbocycles. The van der Waals surface area contributed by atoms with E-state index >= 15 is 0 Å². The molecule has 31 heteroatoms. The maximum atomic E-state index is 13.7. The third kappa shape index (κ3) is 24.5. The monoisotopic (exact) mass is 1770 g/mol. The minimum Gasteiger partial charge on any atom is -0.497 e. The fraction of sp³-hybridized carbons (Fsp3) is 0.423. The molecule has 128 heavy (non-hydrogen) atoms. The second-order valence-corrected chi connectivity index (χ2v) is 34.1. The molecule has 0 radical (unpaired) electrons. The smallest absolute Gasteiger partial charge is 0.416 e. The number of piperidine rings is 3. The Morgan fingerprint density at radius 3 is 1.05 bits per heavy atom. The second-order valence-electron chi connectivity index (χ2n) is 34.1. The molecule has 6 fully saturated rings. The Morgan fingerprint density at radius 1 is 0.445 bits per heavy atom. The highest BCUT2D eigenvalue weighted by Gasteiger charge is 2.58. The number of nitrogens with one attached hydrogen (secondary N) is 2. The zero-order valence-electron chi connectivity index (χ0n) is 74.2. The summed E-state index contributed by atoms with van der Waals surface area (Å²) in [5.41, 5.74) is 11.2. The van der Waals surface area contributed by atoms with Gasteiger partial charge in [0.15, 0.2) is 6.04 Å². The van der Waals surface area contributed by atoms with Crippen molar-refractivity contribution in [3.63, 3.8) is 0 Å². The number of β-lactam (4-membered cyclic amide) rings is 3. The van der Waals surface area contributed by atoms with Crippen molar-refractivity contribution in [2.75, 3.05) is 84.4 Å². The van der Waals surface area contributed by atoms with Gasteiger partial charge in [-0.2, -0.15) is 0 Å². The maximum Gasteiger partial charge on any atom is 0.416 e. The van der Waals surface area contributed by atoms with Crippen LogP contribution < -0.4 is 35.6 Å². The van der Waals surface area contributed by atoms with E-state index < -0.39 is 95.0 Å². The number of nitrogens with two attached hydrogens (primary N) is 1. The number of imide groups is 3. The third-order valence-electron chi connectivity index (χ3n) is 23.2. The molecule has 9 heterocycles. The van der Waals surface area contributed by atoms with E-state index in [-0.39, 0.29) is 87.2 Å². The number of methoxy groups -OCH3 is 2. The number of carboxylic acid groups (broad SMARTS) is 1. The molecule has 5 N–H and O–H groups in total. The van der Waals surface area contributed by atoms with E-state index in [0.717, 1.165) is 86.7 Å². The van der Waals surface area contributed by atoms with Crippen molar-refractivity contribution in [3.8, 4) is 11.5 Å². The van der Waals surface area contributed by atoms with E-state index in [0.29, 0.717) is 74.1 Å². The van der Waals surface area contributed by atoms with E-state index in [1.165, 1.54) is 42.7 Å². The molecule has 6 aliphatic rings. The average molecular weight is 1770 g/mol. The minimum absolute atomic E-state index is 0. The van der Waals surface area contributed by atoms with Crippen molar-refractivity contribution >= 4 is 89.8 Å². The Balaban J connectivity index is 0.000000217. The van der Waals surface area contributed by atoms with Gasteiger partial charge in [-0.3, -0.25) is 48.6 Å². The SMILES string of the molecule is C.CN.CNC(=O)[C@@H]1[C@@H](Cc2ccnc(C)c2)C(=O)N1C(=O)N1CCC[C@@H](c2ccccc2)C1.CNC(=O)[C@@H]1[C@@H](Cc2ccnc(N(Cc3ccc(OC)cc3)C(=O)OC(C)(C)C)c2)C(=O)N1C(=O)N1CCC[C@@H](c2ccccc2)C1.COc1ccc(CN(C(=O)OC(C)(C)C)c2cc(C[C@H]3C(=O)N(C(=O)N4CCC[C@@H](c5ccccc5)C4)[C@@H]3C(=O)O)ccn2)cc1.Cl. The lowest BCUT2D eigenvalue weighted by Crippen LogP contribution is -2.70. The number of rotatable bonds is 20. The highest BCUT2D eigenvalue weighted by atomic mass is 35.5. The highest BCUT2D eigenvalue weighted by Crippen LogP contribution is 2.40. The molecule has 30 nitrogen and oxygen atoms in total. The summed E-state index contributed by atoms with van der Waals surface area (Å²) in [6.07, 6.45) is 9.56. The van der Waals surface area contributed by atoms with Crippen LogP contribution in [0.4, 0.5) is 35.6 Å². The van der Waals surface area contributed by atoms with Crippen molar-refractivity contribution < 1.29 is 76.8 Å². The van der Waals surface area contributed by atoms with E-state index in [1.54, 1.807) is 119 Å². The van der Waals surface area contributed by atoms with Crippen LogP contribution in [0.25, 0.3) is 0 Å². The third-order valence-corrected chi connectivity index (χ3v) is 23.2. The first-order valence-corrected chi connectivity index (χ1v) is 42.8. The van der Waals surface area contributed by atoms with E-state index in [4.69, 9.17) is 18.9 Å². The van der Waals surface area contributed by atoms with E-state index in [1.807, 2.05) is 122 Å². The van der Waals surface area contributed by atoms with E-state index in [2.05, 4.69) is 55.6 Å². The fourth-order valence-corrected chi connectivity index (χ4v) is 16.9. The lowest BCUT2D eigenvalue weighted by molar-refractivity contribution is -0.166. The molecular formula is C97H121ClN14O16. The van der Waals surface area contributed by atoms with Crippen LogP contribution in [-0.4, -0.2) is 219 Å². The number of aryl methyl sites for hydroxylation is 1. The number of nitrogens with zero attached hydrogens (tertiary/aromatic N) is 11.